The van der Waals surface area contributed by atoms with Crippen molar-refractivity contribution in [2.24, 2.45) is 0 Å². The zero-order valence-corrected chi connectivity index (χ0v) is 21.6. The molecule has 1 saturated heterocycles. The average Bonchev–Trinajstić information content (AvgIpc) is 3.52. The molecule has 10 heteroatoms. The van der Waals surface area contributed by atoms with E-state index in [2.05, 4.69) is 28.1 Å². The first-order chi connectivity index (χ1) is 17.2. The molecule has 3 aliphatic heterocycles. The van der Waals surface area contributed by atoms with Crippen molar-refractivity contribution < 1.29 is 24.0 Å². The number of nitro benzene ring substituents is 1. The molecule has 36 heavy (non-hydrogen) atoms. The first kappa shape index (κ1) is 24.6. The number of nitrogens with zero attached hydrogens (tertiary/aromatic N) is 3. The molecular weight excluding hydrogens is 530 g/mol. The molecule has 4 aliphatic rings. The van der Waals surface area contributed by atoms with Gasteiger partial charge in [0.2, 0.25) is 0 Å². The number of nitro groups is 1. The molecule has 1 unspecified atom stereocenters. The zero-order chi connectivity index (χ0) is 25.6. The lowest BCUT2D eigenvalue weighted by atomic mass is 9.87. The quantitative estimate of drug-likeness (QED) is 0.304. The highest BCUT2D eigenvalue weighted by Crippen LogP contribution is 2.44. The molecular formula is C26H26BrN3O6. The predicted octanol–water partition coefficient (Wildman–Crippen LogP) is 4.61. The Hall–Kier alpha value is -3.08. The Bertz CT molecular complexity index is 1290. The van der Waals surface area contributed by atoms with Crippen LogP contribution in [0.2, 0.25) is 0 Å². The summed E-state index contributed by atoms with van der Waals surface area (Å²) in [5.41, 5.74) is 4.04. The minimum Gasteiger partial charge on any atom is -0.347 e. The largest absolute Gasteiger partial charge is 0.347 e. The summed E-state index contributed by atoms with van der Waals surface area (Å²) in [4.78, 5) is 37.6. The Kier molecular flexibility index (Phi) is 6.44. The molecule has 2 aromatic rings. The van der Waals surface area contributed by atoms with Gasteiger partial charge < -0.3 is 19.3 Å². The highest BCUT2D eigenvalue weighted by atomic mass is 79.9. The molecule has 1 fully saturated rings. The maximum atomic E-state index is 12.3. The Morgan fingerprint density at radius 3 is 2.47 bits per heavy atom. The minimum absolute atomic E-state index is 0.0763. The van der Waals surface area contributed by atoms with Crippen LogP contribution >= 0.6 is 15.9 Å². The number of carbonyl (C=O) groups is 2. The normalized spacial score (nSPS) is 21.8. The Morgan fingerprint density at radius 2 is 1.81 bits per heavy atom. The number of halogens is 1. The summed E-state index contributed by atoms with van der Waals surface area (Å²) in [5.74, 6) is -0.576. The number of hydrogen-bond acceptors (Lipinski definition) is 6. The van der Waals surface area contributed by atoms with Crippen molar-refractivity contribution in [2.75, 3.05) is 27.3 Å². The van der Waals surface area contributed by atoms with Crippen molar-refractivity contribution in [1.82, 2.24) is 9.80 Å². The first-order valence-corrected chi connectivity index (χ1v) is 12.6. The summed E-state index contributed by atoms with van der Waals surface area (Å²) < 4.78 is 12.3. The molecule has 6 rings (SSSR count). The Labute approximate surface area is 216 Å². The van der Waals surface area contributed by atoms with Crippen LogP contribution in [-0.2, 0) is 16.0 Å². The van der Waals surface area contributed by atoms with Crippen LogP contribution in [0.5, 0.6) is 0 Å². The third-order valence-corrected chi connectivity index (χ3v) is 7.96. The lowest BCUT2D eigenvalue weighted by Crippen LogP contribution is -2.34. The van der Waals surface area contributed by atoms with E-state index < -0.39 is 10.7 Å². The van der Waals surface area contributed by atoms with Gasteiger partial charge in [-0.2, -0.15) is 0 Å². The topological polar surface area (TPSA) is 102 Å². The maximum Gasteiger partial charge on any atom is 0.282 e. The van der Waals surface area contributed by atoms with Gasteiger partial charge in [0.15, 0.2) is 5.79 Å². The lowest BCUT2D eigenvalue weighted by molar-refractivity contribution is -0.385. The fourth-order valence-electron chi connectivity index (χ4n) is 5.38. The maximum absolute atomic E-state index is 12.3. The summed E-state index contributed by atoms with van der Waals surface area (Å²) in [6, 6.07) is 10.9. The molecule has 1 aliphatic carbocycles. The second-order valence-electron chi connectivity index (χ2n) is 9.34. The van der Waals surface area contributed by atoms with E-state index in [9.17, 15) is 19.7 Å². The molecule has 0 aromatic heterocycles. The van der Waals surface area contributed by atoms with Gasteiger partial charge in [-0.05, 0) is 29.7 Å². The van der Waals surface area contributed by atoms with Gasteiger partial charge in [0.25, 0.3) is 17.5 Å². The summed E-state index contributed by atoms with van der Waals surface area (Å²) in [6.07, 6.45) is 4.78. The number of carbonyl (C=O) groups excluding carboxylic acids is 2. The van der Waals surface area contributed by atoms with Gasteiger partial charge in [-0.25, -0.2) is 0 Å². The Morgan fingerprint density at radius 1 is 1.08 bits per heavy atom. The lowest BCUT2D eigenvalue weighted by Gasteiger charge is -2.34. The molecule has 0 N–H and O–H groups in total. The van der Waals surface area contributed by atoms with Crippen molar-refractivity contribution in [2.45, 2.75) is 37.6 Å². The predicted molar refractivity (Wildman–Crippen MR) is 134 cm³/mol. The average molecular weight is 556 g/mol. The van der Waals surface area contributed by atoms with E-state index in [1.807, 2.05) is 30.1 Å². The van der Waals surface area contributed by atoms with Crippen LogP contribution in [0.15, 0.2) is 52.5 Å². The van der Waals surface area contributed by atoms with Crippen molar-refractivity contribution in [3.63, 3.8) is 0 Å². The van der Waals surface area contributed by atoms with Gasteiger partial charge in [0.05, 0.1) is 24.2 Å². The van der Waals surface area contributed by atoms with Crippen LogP contribution < -0.4 is 0 Å². The molecule has 0 saturated carbocycles. The van der Waals surface area contributed by atoms with E-state index in [1.54, 1.807) is 13.1 Å². The molecule has 1 spiro atoms. The number of likely N-dealkylation sites (N-methyl/N-ethyl adjacent to an activating group) is 1. The van der Waals surface area contributed by atoms with Gasteiger partial charge in [0, 0.05) is 55.1 Å². The molecule has 0 bridgehead atoms. The number of fused-ring (bicyclic) bond motifs is 2. The highest BCUT2D eigenvalue weighted by molar-refractivity contribution is 9.10. The fraction of sp³-hybridized carbons (Fsp3) is 0.385. The van der Waals surface area contributed by atoms with Crippen LogP contribution in [0.25, 0.3) is 0 Å². The molecule has 2 aromatic carbocycles. The van der Waals surface area contributed by atoms with E-state index in [0.717, 1.165) is 34.9 Å². The third-order valence-electron chi connectivity index (χ3n) is 7.21. The summed E-state index contributed by atoms with van der Waals surface area (Å²) in [6.45, 7) is 1.79. The van der Waals surface area contributed by atoms with Crippen LogP contribution in [0.1, 0.15) is 57.1 Å². The van der Waals surface area contributed by atoms with Crippen LogP contribution in [0.4, 0.5) is 5.69 Å². The van der Waals surface area contributed by atoms with Gasteiger partial charge in [-0.15, -0.1) is 0 Å². The van der Waals surface area contributed by atoms with E-state index in [4.69, 9.17) is 9.47 Å². The SMILES string of the molecule is CN1C(=O)c2ccccc2C1C1=CCC2(CC1)OCCO2.CN1Cc2c(Br)ccc([N+](=O)[O-])c2C1=O. The zero-order valence-electron chi connectivity index (χ0n) is 20.0. The summed E-state index contributed by atoms with van der Waals surface area (Å²) >= 11 is 3.28. The monoisotopic (exact) mass is 555 g/mol. The second-order valence-corrected chi connectivity index (χ2v) is 10.2. The molecule has 2 amide bonds. The van der Waals surface area contributed by atoms with Crippen molar-refractivity contribution in [1.29, 1.82) is 0 Å². The molecule has 1 atom stereocenters. The minimum atomic E-state index is -0.525. The van der Waals surface area contributed by atoms with Crippen LogP contribution in [0.3, 0.4) is 0 Å². The van der Waals surface area contributed by atoms with E-state index in [-0.39, 0.29) is 29.1 Å². The van der Waals surface area contributed by atoms with Crippen LogP contribution in [-0.4, -0.2) is 59.6 Å². The third kappa shape index (κ3) is 4.12. The van der Waals surface area contributed by atoms with Gasteiger partial charge in [-0.1, -0.05) is 40.2 Å². The number of amides is 2. The van der Waals surface area contributed by atoms with Crippen molar-refractivity contribution in [3.8, 4) is 0 Å². The van der Waals surface area contributed by atoms with E-state index >= 15 is 0 Å². The molecule has 0 radical (unpaired) electrons. The Balaban J connectivity index is 0.000000157. The first-order valence-electron chi connectivity index (χ1n) is 11.8. The van der Waals surface area contributed by atoms with Crippen molar-refractivity contribution in [3.05, 3.63) is 84.9 Å². The van der Waals surface area contributed by atoms with E-state index in [0.29, 0.717) is 25.3 Å². The van der Waals surface area contributed by atoms with Crippen LogP contribution in [0, 0.1) is 10.1 Å². The second kappa shape index (κ2) is 9.42. The van der Waals surface area contributed by atoms with Gasteiger partial charge >= 0.3 is 0 Å². The highest BCUT2D eigenvalue weighted by Gasteiger charge is 2.42. The standard InChI is InChI=1S/C17H19NO3.C9H7BrN2O3/c1-18-15(13-4-2-3-5-14(13)16(18)19)12-6-8-17(9-7-12)20-10-11-21-17;1-11-4-5-6(10)2-3-7(12(14)15)8(5)9(11)13/h2-6,15H,7-11H2,1H3;2-3H,4H2,1H3. The molecule has 188 valence electrons. The number of hydrogen-bond donors (Lipinski definition) is 0. The number of rotatable bonds is 2. The van der Waals surface area contributed by atoms with E-state index in [1.165, 1.54) is 16.5 Å². The summed E-state index contributed by atoms with van der Waals surface area (Å²) in [7, 11) is 3.51. The molecule has 9 nitrogen and oxygen atoms in total. The smallest absolute Gasteiger partial charge is 0.282 e. The van der Waals surface area contributed by atoms with Crippen molar-refractivity contribution >= 4 is 33.4 Å². The summed E-state index contributed by atoms with van der Waals surface area (Å²) in [5, 5.41) is 10.7. The number of ether oxygens (including phenoxy) is 2. The van der Waals surface area contributed by atoms with Gasteiger partial charge in [0.1, 0.15) is 5.56 Å². The fourth-order valence-corrected chi connectivity index (χ4v) is 5.84. The number of benzene rings is 2. The van der Waals surface area contributed by atoms with Gasteiger partial charge in [-0.3, -0.25) is 19.7 Å². The molecule has 3 heterocycles.